The maximum atomic E-state index is 12.3. The summed E-state index contributed by atoms with van der Waals surface area (Å²) in [6.45, 7) is 1.97. The van der Waals surface area contributed by atoms with E-state index in [-0.39, 0.29) is 12.5 Å². The van der Waals surface area contributed by atoms with Gasteiger partial charge in [0.2, 0.25) is 0 Å². The lowest BCUT2D eigenvalue weighted by molar-refractivity contribution is -0.118. The Balaban J connectivity index is 1.22. The summed E-state index contributed by atoms with van der Waals surface area (Å²) >= 11 is 0. The first-order valence-corrected chi connectivity index (χ1v) is 11.8. The number of fused-ring (bicyclic) bond motifs is 1. The van der Waals surface area contributed by atoms with Gasteiger partial charge >= 0.3 is 0 Å². The standard InChI is InChI=1S/C30H27N3O2/c1-22-8-7-11-26(20-22)35-21-30(34)31-24-17-14-23(15-18-24)16-19-29-32-27-12-5-6-13-28(27)33(29)25-9-3-2-4-10-25/h2-15,17-18,20H,16,19,21H2,1H3,(H,31,34). The van der Waals surface area contributed by atoms with Crippen molar-refractivity contribution >= 4 is 22.6 Å². The van der Waals surface area contributed by atoms with E-state index in [1.54, 1.807) is 0 Å². The van der Waals surface area contributed by atoms with Crippen LogP contribution in [0, 0.1) is 6.92 Å². The average Bonchev–Trinajstić information content (AvgIpc) is 3.26. The van der Waals surface area contributed by atoms with Gasteiger partial charge in [0.05, 0.1) is 11.0 Å². The Kier molecular flexibility index (Phi) is 6.57. The van der Waals surface area contributed by atoms with Gasteiger partial charge in [0, 0.05) is 17.8 Å². The van der Waals surface area contributed by atoms with Crippen molar-refractivity contribution in [2.24, 2.45) is 0 Å². The number of rotatable bonds is 8. The molecule has 0 aliphatic rings. The molecule has 0 spiro atoms. The van der Waals surface area contributed by atoms with Gasteiger partial charge in [-0.05, 0) is 73.0 Å². The summed E-state index contributed by atoms with van der Waals surface area (Å²) in [6, 6.07) is 34.2. The quantitative estimate of drug-likeness (QED) is 0.302. The van der Waals surface area contributed by atoms with Crippen LogP contribution in [-0.4, -0.2) is 22.1 Å². The number of benzene rings is 4. The Morgan fingerprint density at radius 1 is 0.857 bits per heavy atom. The maximum Gasteiger partial charge on any atom is 0.262 e. The third kappa shape index (κ3) is 5.41. The first kappa shape index (κ1) is 22.4. The van der Waals surface area contributed by atoms with Gasteiger partial charge in [-0.2, -0.15) is 0 Å². The molecule has 0 saturated heterocycles. The molecule has 0 unspecified atom stereocenters. The second-order valence-electron chi connectivity index (χ2n) is 8.54. The number of aryl methyl sites for hydroxylation is 3. The fourth-order valence-corrected chi connectivity index (χ4v) is 4.17. The van der Waals surface area contributed by atoms with Crippen molar-refractivity contribution in [2.45, 2.75) is 19.8 Å². The van der Waals surface area contributed by atoms with Gasteiger partial charge in [0.25, 0.3) is 5.91 Å². The molecule has 1 N–H and O–H groups in total. The molecule has 5 rings (SSSR count). The number of hydrogen-bond acceptors (Lipinski definition) is 3. The number of carbonyl (C=O) groups excluding carboxylic acids is 1. The number of nitrogens with one attached hydrogen (secondary N) is 1. The van der Waals surface area contributed by atoms with E-state index in [0.717, 1.165) is 46.6 Å². The highest BCUT2D eigenvalue weighted by Crippen LogP contribution is 2.23. The highest BCUT2D eigenvalue weighted by molar-refractivity contribution is 5.91. The summed E-state index contributed by atoms with van der Waals surface area (Å²) in [4.78, 5) is 17.2. The number of hydrogen-bond donors (Lipinski definition) is 1. The van der Waals surface area contributed by atoms with E-state index < -0.39 is 0 Å². The Morgan fingerprint density at radius 3 is 2.43 bits per heavy atom. The van der Waals surface area contributed by atoms with E-state index in [1.807, 2.05) is 85.8 Å². The molecule has 5 heteroatoms. The number of ether oxygens (including phenoxy) is 1. The lowest BCUT2D eigenvalue weighted by Crippen LogP contribution is -2.20. The molecule has 35 heavy (non-hydrogen) atoms. The van der Waals surface area contributed by atoms with Crippen LogP contribution in [0.3, 0.4) is 0 Å². The van der Waals surface area contributed by atoms with Gasteiger partial charge in [-0.15, -0.1) is 0 Å². The minimum atomic E-state index is -0.184. The Bertz CT molecular complexity index is 1440. The van der Waals surface area contributed by atoms with E-state index >= 15 is 0 Å². The zero-order chi connectivity index (χ0) is 24.0. The van der Waals surface area contributed by atoms with Crippen LogP contribution in [0.4, 0.5) is 5.69 Å². The minimum Gasteiger partial charge on any atom is -0.484 e. The SMILES string of the molecule is Cc1cccc(OCC(=O)Nc2ccc(CCc3nc4ccccc4n3-c3ccccc3)cc2)c1. The molecule has 1 heterocycles. The van der Waals surface area contributed by atoms with Crippen molar-refractivity contribution in [1.29, 1.82) is 0 Å². The highest BCUT2D eigenvalue weighted by atomic mass is 16.5. The zero-order valence-corrected chi connectivity index (χ0v) is 19.6. The summed E-state index contributed by atoms with van der Waals surface area (Å²) in [5, 5.41) is 2.90. The average molecular weight is 462 g/mol. The molecule has 0 bridgehead atoms. The third-order valence-electron chi connectivity index (χ3n) is 5.88. The highest BCUT2D eigenvalue weighted by Gasteiger charge is 2.12. The summed E-state index contributed by atoms with van der Waals surface area (Å²) in [5.74, 6) is 1.54. The largest absolute Gasteiger partial charge is 0.484 e. The minimum absolute atomic E-state index is 0.0269. The van der Waals surface area contributed by atoms with Crippen LogP contribution < -0.4 is 10.1 Å². The number of anilines is 1. The summed E-state index contributed by atoms with van der Waals surface area (Å²) in [6.07, 6.45) is 1.65. The van der Waals surface area contributed by atoms with Crippen LogP contribution in [0.5, 0.6) is 5.75 Å². The van der Waals surface area contributed by atoms with Crippen molar-refractivity contribution in [2.75, 3.05) is 11.9 Å². The first-order chi connectivity index (χ1) is 17.2. The fourth-order valence-electron chi connectivity index (χ4n) is 4.17. The van der Waals surface area contributed by atoms with E-state index in [4.69, 9.17) is 9.72 Å². The maximum absolute atomic E-state index is 12.3. The van der Waals surface area contributed by atoms with Crippen LogP contribution in [0.25, 0.3) is 16.7 Å². The summed E-state index contributed by atoms with van der Waals surface area (Å²) in [7, 11) is 0. The molecular formula is C30H27N3O2. The predicted octanol–water partition coefficient (Wildman–Crippen LogP) is 6.14. The van der Waals surface area contributed by atoms with Crippen LogP contribution in [0.2, 0.25) is 0 Å². The Morgan fingerprint density at radius 2 is 1.63 bits per heavy atom. The molecule has 5 aromatic rings. The van der Waals surface area contributed by atoms with Crippen LogP contribution >= 0.6 is 0 Å². The van der Waals surface area contributed by atoms with Crippen molar-refractivity contribution in [3.8, 4) is 11.4 Å². The lowest BCUT2D eigenvalue weighted by atomic mass is 10.1. The van der Waals surface area contributed by atoms with Crippen molar-refractivity contribution in [3.05, 3.63) is 120 Å². The van der Waals surface area contributed by atoms with Gasteiger partial charge in [0.1, 0.15) is 11.6 Å². The number of imidazole rings is 1. The van der Waals surface area contributed by atoms with Crippen LogP contribution in [0.1, 0.15) is 17.0 Å². The van der Waals surface area contributed by atoms with Crippen molar-refractivity contribution in [3.63, 3.8) is 0 Å². The fraction of sp³-hybridized carbons (Fsp3) is 0.133. The van der Waals surface area contributed by atoms with E-state index in [1.165, 1.54) is 5.56 Å². The molecule has 0 aliphatic carbocycles. The first-order valence-electron chi connectivity index (χ1n) is 11.8. The van der Waals surface area contributed by atoms with E-state index in [2.05, 4.69) is 34.1 Å². The molecule has 0 aliphatic heterocycles. The Labute approximate surface area is 205 Å². The normalized spacial score (nSPS) is 10.9. The number of nitrogens with zero attached hydrogens (tertiary/aromatic N) is 2. The van der Waals surface area contributed by atoms with Gasteiger partial charge < -0.3 is 10.1 Å². The molecule has 0 radical (unpaired) electrons. The second-order valence-corrected chi connectivity index (χ2v) is 8.54. The Hall–Kier alpha value is -4.38. The van der Waals surface area contributed by atoms with Gasteiger partial charge in [-0.25, -0.2) is 4.98 Å². The van der Waals surface area contributed by atoms with Gasteiger partial charge in [-0.3, -0.25) is 9.36 Å². The molecule has 5 nitrogen and oxygen atoms in total. The number of amides is 1. The van der Waals surface area contributed by atoms with E-state index in [0.29, 0.717) is 5.75 Å². The molecule has 1 aromatic heterocycles. The van der Waals surface area contributed by atoms with Gasteiger partial charge in [0.15, 0.2) is 6.61 Å². The molecule has 4 aromatic carbocycles. The molecule has 0 saturated carbocycles. The third-order valence-corrected chi connectivity index (χ3v) is 5.88. The van der Waals surface area contributed by atoms with Crippen molar-refractivity contribution < 1.29 is 9.53 Å². The summed E-state index contributed by atoms with van der Waals surface area (Å²) in [5.41, 5.74) is 6.26. The van der Waals surface area contributed by atoms with Crippen molar-refractivity contribution in [1.82, 2.24) is 9.55 Å². The molecule has 0 atom stereocenters. The molecule has 1 amide bonds. The smallest absolute Gasteiger partial charge is 0.262 e. The van der Waals surface area contributed by atoms with E-state index in [9.17, 15) is 4.79 Å². The topological polar surface area (TPSA) is 56.1 Å². The molecule has 0 fully saturated rings. The summed E-state index contributed by atoms with van der Waals surface area (Å²) < 4.78 is 7.82. The van der Waals surface area contributed by atoms with Crippen LogP contribution in [0.15, 0.2) is 103 Å². The van der Waals surface area contributed by atoms with Crippen LogP contribution in [-0.2, 0) is 17.6 Å². The second kappa shape index (κ2) is 10.3. The number of carbonyl (C=O) groups is 1. The zero-order valence-electron chi connectivity index (χ0n) is 19.6. The number of para-hydroxylation sites is 3. The lowest BCUT2D eigenvalue weighted by Gasteiger charge is -2.10. The number of aromatic nitrogens is 2. The van der Waals surface area contributed by atoms with Gasteiger partial charge in [-0.1, -0.05) is 54.6 Å². The molecule has 174 valence electrons. The monoisotopic (exact) mass is 461 g/mol. The predicted molar refractivity (Wildman–Crippen MR) is 140 cm³/mol. The molecular weight excluding hydrogens is 434 g/mol.